The first-order valence-electron chi connectivity index (χ1n) is 17.7. The van der Waals surface area contributed by atoms with E-state index in [9.17, 15) is 0 Å². The van der Waals surface area contributed by atoms with Crippen molar-refractivity contribution in [3.8, 4) is 33.4 Å². The smallest absolute Gasteiger partial charge is 0.137 e. The Balaban J connectivity index is 1.03. The molecule has 0 amide bonds. The van der Waals surface area contributed by atoms with E-state index in [1.807, 2.05) is 12.1 Å². The second-order valence-electron chi connectivity index (χ2n) is 13.4. The fraction of sp³-hybridized carbons (Fsp3) is 0. The van der Waals surface area contributed by atoms with Gasteiger partial charge in [-0.15, -0.1) is 0 Å². The predicted molar refractivity (Wildman–Crippen MR) is 220 cm³/mol. The molecular weight excluding hydrogens is 631 g/mol. The maximum Gasteiger partial charge on any atom is 0.137 e. The van der Waals surface area contributed by atoms with Gasteiger partial charge in [0.1, 0.15) is 11.2 Å². The summed E-state index contributed by atoms with van der Waals surface area (Å²) in [5.41, 5.74) is 12.1. The van der Waals surface area contributed by atoms with Crippen LogP contribution in [0.5, 0.6) is 0 Å². The molecular formula is C50H33NO. The molecule has 0 N–H and O–H groups in total. The standard InChI is InChI=1S/C50H33NO/c1-3-10-38-31-42(18-16-34(38)8-1)37-22-26-45(27-23-37)51(46-28-29-48-47-14-5-6-15-49(47)52-50(48)33-46)44-24-20-36(21-25-44)40-12-7-13-41(30-40)43-19-17-35-9-2-4-11-39(35)32-43/h1-33H. The predicted octanol–water partition coefficient (Wildman–Crippen LogP) is 14.4. The van der Waals surface area contributed by atoms with Crippen molar-refractivity contribution in [1.82, 2.24) is 0 Å². The Labute approximate surface area is 302 Å². The second-order valence-corrected chi connectivity index (χ2v) is 13.4. The molecule has 52 heavy (non-hydrogen) atoms. The lowest BCUT2D eigenvalue weighted by Gasteiger charge is -2.26. The maximum absolute atomic E-state index is 6.35. The first-order valence-corrected chi connectivity index (χ1v) is 17.7. The van der Waals surface area contributed by atoms with E-state index in [1.165, 1.54) is 54.9 Å². The second kappa shape index (κ2) is 12.5. The van der Waals surface area contributed by atoms with Crippen molar-refractivity contribution >= 4 is 60.5 Å². The van der Waals surface area contributed by atoms with Crippen LogP contribution >= 0.6 is 0 Å². The molecule has 10 aromatic rings. The van der Waals surface area contributed by atoms with Gasteiger partial charge in [-0.1, -0.05) is 133 Å². The lowest BCUT2D eigenvalue weighted by molar-refractivity contribution is 0.669. The zero-order valence-electron chi connectivity index (χ0n) is 28.4. The molecule has 0 atom stereocenters. The number of fused-ring (bicyclic) bond motifs is 5. The molecule has 9 aromatic carbocycles. The van der Waals surface area contributed by atoms with Gasteiger partial charge in [-0.2, -0.15) is 0 Å². The monoisotopic (exact) mass is 663 g/mol. The molecule has 2 heteroatoms. The average Bonchev–Trinajstić information content (AvgIpc) is 3.59. The van der Waals surface area contributed by atoms with Crippen LogP contribution in [0.2, 0.25) is 0 Å². The largest absolute Gasteiger partial charge is 0.456 e. The van der Waals surface area contributed by atoms with Gasteiger partial charge in [0.2, 0.25) is 0 Å². The van der Waals surface area contributed by atoms with Crippen molar-refractivity contribution in [2.45, 2.75) is 0 Å². The minimum atomic E-state index is 0.874. The van der Waals surface area contributed by atoms with Crippen molar-refractivity contribution in [3.63, 3.8) is 0 Å². The number of furan rings is 1. The normalized spacial score (nSPS) is 11.5. The van der Waals surface area contributed by atoms with Crippen molar-refractivity contribution in [1.29, 1.82) is 0 Å². The highest BCUT2D eigenvalue weighted by molar-refractivity contribution is 6.06. The molecule has 0 saturated heterocycles. The number of para-hydroxylation sites is 1. The van der Waals surface area contributed by atoms with E-state index in [-0.39, 0.29) is 0 Å². The zero-order valence-corrected chi connectivity index (χ0v) is 28.4. The lowest BCUT2D eigenvalue weighted by atomic mass is 9.97. The first-order chi connectivity index (χ1) is 25.7. The number of hydrogen-bond donors (Lipinski definition) is 0. The molecule has 0 unspecified atom stereocenters. The third-order valence-electron chi connectivity index (χ3n) is 10.2. The summed E-state index contributed by atoms with van der Waals surface area (Å²) in [6.45, 7) is 0. The molecule has 2 nitrogen and oxygen atoms in total. The van der Waals surface area contributed by atoms with E-state index in [0.717, 1.165) is 39.0 Å². The summed E-state index contributed by atoms with van der Waals surface area (Å²) in [6, 6.07) is 71.8. The molecule has 1 aromatic heterocycles. The van der Waals surface area contributed by atoms with E-state index < -0.39 is 0 Å². The molecule has 244 valence electrons. The lowest BCUT2D eigenvalue weighted by Crippen LogP contribution is -2.09. The quantitative estimate of drug-likeness (QED) is 0.176. The van der Waals surface area contributed by atoms with Crippen LogP contribution in [0, 0.1) is 0 Å². The van der Waals surface area contributed by atoms with E-state index in [2.05, 4.69) is 193 Å². The van der Waals surface area contributed by atoms with Gasteiger partial charge in [0.05, 0.1) is 0 Å². The fourth-order valence-electron chi connectivity index (χ4n) is 7.52. The molecule has 0 aliphatic heterocycles. The van der Waals surface area contributed by atoms with Crippen LogP contribution in [-0.4, -0.2) is 0 Å². The van der Waals surface area contributed by atoms with Crippen LogP contribution in [0.25, 0.3) is 76.9 Å². The summed E-state index contributed by atoms with van der Waals surface area (Å²) in [6.07, 6.45) is 0. The molecule has 0 radical (unpaired) electrons. The first kappa shape index (κ1) is 30.0. The number of rotatable bonds is 6. The summed E-state index contributed by atoms with van der Waals surface area (Å²) in [7, 11) is 0. The Morgan fingerprint density at radius 3 is 1.37 bits per heavy atom. The van der Waals surface area contributed by atoms with Gasteiger partial charge < -0.3 is 9.32 Å². The SMILES string of the molecule is c1cc(-c2ccc(N(c3ccc(-c4ccc5ccccc5c4)cc3)c3ccc4c(c3)oc3ccccc34)cc2)cc(-c2ccc3ccccc3c2)c1. The van der Waals surface area contributed by atoms with Gasteiger partial charge in [-0.05, 0) is 116 Å². The van der Waals surface area contributed by atoms with Crippen LogP contribution in [0.15, 0.2) is 205 Å². The summed E-state index contributed by atoms with van der Waals surface area (Å²) in [5, 5.41) is 7.25. The van der Waals surface area contributed by atoms with Gasteiger partial charge in [-0.3, -0.25) is 0 Å². The summed E-state index contributed by atoms with van der Waals surface area (Å²) in [4.78, 5) is 2.31. The molecule has 0 saturated carbocycles. The molecule has 0 bridgehead atoms. The van der Waals surface area contributed by atoms with Gasteiger partial charge in [-0.25, -0.2) is 0 Å². The fourth-order valence-corrected chi connectivity index (χ4v) is 7.52. The minimum absolute atomic E-state index is 0.874. The summed E-state index contributed by atoms with van der Waals surface area (Å²) in [5.74, 6) is 0. The van der Waals surface area contributed by atoms with Gasteiger partial charge in [0.25, 0.3) is 0 Å². The highest BCUT2D eigenvalue weighted by Crippen LogP contribution is 2.40. The van der Waals surface area contributed by atoms with Crippen LogP contribution in [0.4, 0.5) is 17.1 Å². The molecule has 0 fully saturated rings. The molecule has 0 spiro atoms. The summed E-state index contributed by atoms with van der Waals surface area (Å²) >= 11 is 0. The highest BCUT2D eigenvalue weighted by Gasteiger charge is 2.16. The summed E-state index contributed by atoms with van der Waals surface area (Å²) < 4.78 is 6.35. The Hall–Kier alpha value is -6.90. The van der Waals surface area contributed by atoms with Crippen LogP contribution < -0.4 is 4.90 Å². The maximum atomic E-state index is 6.35. The number of hydrogen-bond acceptors (Lipinski definition) is 2. The van der Waals surface area contributed by atoms with Gasteiger partial charge >= 0.3 is 0 Å². The number of nitrogens with zero attached hydrogens (tertiary/aromatic N) is 1. The molecule has 0 aliphatic rings. The van der Waals surface area contributed by atoms with Crippen molar-refractivity contribution in [2.75, 3.05) is 4.90 Å². The molecule has 10 rings (SSSR count). The van der Waals surface area contributed by atoms with Crippen molar-refractivity contribution < 1.29 is 4.42 Å². The van der Waals surface area contributed by atoms with Gasteiger partial charge in [0.15, 0.2) is 0 Å². The van der Waals surface area contributed by atoms with Crippen LogP contribution in [0.3, 0.4) is 0 Å². The Kier molecular flexibility index (Phi) is 7.18. The highest BCUT2D eigenvalue weighted by atomic mass is 16.3. The Morgan fingerprint density at radius 1 is 0.269 bits per heavy atom. The van der Waals surface area contributed by atoms with Gasteiger partial charge in [0, 0.05) is 33.9 Å². The Morgan fingerprint density at radius 2 is 0.731 bits per heavy atom. The molecule has 0 aliphatic carbocycles. The number of benzene rings is 9. The molecule has 1 heterocycles. The van der Waals surface area contributed by atoms with E-state index in [0.29, 0.717) is 0 Å². The Bertz CT molecular complexity index is 2900. The third kappa shape index (κ3) is 5.39. The topological polar surface area (TPSA) is 16.4 Å². The van der Waals surface area contributed by atoms with Crippen LogP contribution in [0.1, 0.15) is 0 Å². The van der Waals surface area contributed by atoms with E-state index >= 15 is 0 Å². The average molecular weight is 664 g/mol. The van der Waals surface area contributed by atoms with E-state index in [4.69, 9.17) is 4.42 Å². The van der Waals surface area contributed by atoms with E-state index in [1.54, 1.807) is 0 Å². The van der Waals surface area contributed by atoms with Crippen LogP contribution in [-0.2, 0) is 0 Å². The van der Waals surface area contributed by atoms with Crippen molar-refractivity contribution in [2.24, 2.45) is 0 Å². The zero-order chi connectivity index (χ0) is 34.4. The third-order valence-corrected chi connectivity index (χ3v) is 10.2. The number of anilines is 3. The minimum Gasteiger partial charge on any atom is -0.456 e. The van der Waals surface area contributed by atoms with Crippen molar-refractivity contribution in [3.05, 3.63) is 200 Å².